The van der Waals surface area contributed by atoms with E-state index < -0.39 is 16.2 Å². The number of unbranched alkanes of at least 4 members (excludes halogenated alkanes) is 2. The van der Waals surface area contributed by atoms with Gasteiger partial charge in [0.2, 0.25) is 0 Å². The van der Waals surface area contributed by atoms with Crippen LogP contribution in [0.15, 0.2) is 33.9 Å². The summed E-state index contributed by atoms with van der Waals surface area (Å²) in [4.78, 5) is 56.6. The molecule has 3 rings (SSSR count). The number of aryl methyl sites for hydroxylation is 1. The van der Waals surface area contributed by atoms with Gasteiger partial charge in [0, 0.05) is 26.6 Å². The molecular formula is C25H31N5O7. The van der Waals surface area contributed by atoms with Crippen molar-refractivity contribution < 1.29 is 19.2 Å². The molecule has 3 aromatic rings. The molecule has 0 fully saturated rings. The third-order valence-corrected chi connectivity index (χ3v) is 5.63. The summed E-state index contributed by atoms with van der Waals surface area (Å²) in [5.41, 5.74) is 0.125. The third kappa shape index (κ3) is 6.99. The van der Waals surface area contributed by atoms with Gasteiger partial charge in [-0.25, -0.2) is 14.8 Å². The van der Waals surface area contributed by atoms with Gasteiger partial charge in [-0.15, -0.1) is 0 Å². The van der Waals surface area contributed by atoms with Gasteiger partial charge in [-0.2, -0.15) is 0 Å². The number of benzene rings is 1. The number of rotatable bonds is 12. The second-order valence-electron chi connectivity index (χ2n) is 9.13. The largest absolute Gasteiger partial charge is 0.487 e. The van der Waals surface area contributed by atoms with Crippen molar-refractivity contribution in [3.8, 4) is 5.75 Å². The summed E-state index contributed by atoms with van der Waals surface area (Å²) in [6, 6.07) is 5.80. The van der Waals surface area contributed by atoms with Gasteiger partial charge in [-0.3, -0.25) is 28.8 Å². The van der Waals surface area contributed by atoms with Gasteiger partial charge >= 0.3 is 11.7 Å². The Morgan fingerprint density at radius 2 is 1.89 bits per heavy atom. The molecule has 37 heavy (non-hydrogen) atoms. The Bertz CT molecular complexity index is 1410. The van der Waals surface area contributed by atoms with Crippen LogP contribution in [0.1, 0.15) is 51.4 Å². The van der Waals surface area contributed by atoms with Crippen LogP contribution in [0.4, 0.5) is 5.69 Å². The van der Waals surface area contributed by atoms with Crippen molar-refractivity contribution >= 4 is 22.8 Å². The second-order valence-corrected chi connectivity index (χ2v) is 9.13. The number of hydrogen-bond donors (Lipinski definition) is 0. The van der Waals surface area contributed by atoms with E-state index >= 15 is 0 Å². The van der Waals surface area contributed by atoms with Gasteiger partial charge in [0.25, 0.3) is 11.2 Å². The van der Waals surface area contributed by atoms with Gasteiger partial charge in [-0.05, 0) is 37.7 Å². The number of nitrogens with zero attached hydrogens (tertiary/aromatic N) is 5. The highest BCUT2D eigenvalue weighted by atomic mass is 16.6. The lowest BCUT2D eigenvalue weighted by Crippen LogP contribution is -2.40. The van der Waals surface area contributed by atoms with Crippen LogP contribution in [-0.2, 0) is 36.2 Å². The van der Waals surface area contributed by atoms with Crippen molar-refractivity contribution in [3.05, 3.63) is 66.6 Å². The lowest BCUT2D eigenvalue weighted by molar-refractivity contribution is -0.384. The zero-order valence-electron chi connectivity index (χ0n) is 21.4. The molecule has 0 aliphatic rings. The Labute approximate surface area is 213 Å². The zero-order valence-corrected chi connectivity index (χ0v) is 21.4. The number of esters is 1. The minimum atomic E-state index is -0.533. The average molecular weight is 514 g/mol. The first-order valence-corrected chi connectivity index (χ1v) is 12.1. The van der Waals surface area contributed by atoms with Crippen molar-refractivity contribution in [2.45, 2.75) is 59.6 Å². The van der Waals surface area contributed by atoms with Crippen LogP contribution in [0, 0.1) is 16.0 Å². The highest BCUT2D eigenvalue weighted by molar-refractivity contribution is 5.69. The monoisotopic (exact) mass is 513 g/mol. The second kappa shape index (κ2) is 12.2. The van der Waals surface area contributed by atoms with E-state index in [0.717, 1.165) is 11.0 Å². The summed E-state index contributed by atoms with van der Waals surface area (Å²) in [5.74, 6) is 0.0675. The highest BCUT2D eigenvalue weighted by Gasteiger charge is 2.19. The number of carbonyl (C=O) groups excluding carboxylic acids is 1. The molecule has 0 aliphatic carbocycles. The fourth-order valence-corrected chi connectivity index (χ4v) is 3.82. The summed E-state index contributed by atoms with van der Waals surface area (Å²) >= 11 is 0. The van der Waals surface area contributed by atoms with Gasteiger partial charge < -0.3 is 9.47 Å². The normalized spacial score (nSPS) is 11.2. The maximum atomic E-state index is 12.9. The lowest BCUT2D eigenvalue weighted by Gasteiger charge is -2.16. The topological polar surface area (TPSA) is 148 Å². The van der Waals surface area contributed by atoms with Gasteiger partial charge in [0.05, 0.1) is 23.3 Å². The van der Waals surface area contributed by atoms with Crippen LogP contribution >= 0.6 is 0 Å². The predicted octanol–water partition coefficient (Wildman–Crippen LogP) is 2.91. The van der Waals surface area contributed by atoms with E-state index in [1.807, 2.05) is 13.8 Å². The number of carbonyl (C=O) groups is 1. The quantitative estimate of drug-likeness (QED) is 0.154. The van der Waals surface area contributed by atoms with Crippen LogP contribution in [0.5, 0.6) is 5.75 Å². The molecule has 0 N–H and O–H groups in total. The van der Waals surface area contributed by atoms with Crippen LogP contribution in [0.2, 0.25) is 0 Å². The summed E-state index contributed by atoms with van der Waals surface area (Å²) in [6.45, 7) is 5.87. The molecule has 12 nitrogen and oxygen atoms in total. The smallest absolute Gasteiger partial charge is 0.332 e. The summed E-state index contributed by atoms with van der Waals surface area (Å²) in [7, 11) is 1.41. The molecule has 0 saturated carbocycles. The minimum absolute atomic E-state index is 0.0576. The predicted molar refractivity (Wildman–Crippen MR) is 135 cm³/mol. The van der Waals surface area contributed by atoms with Crippen molar-refractivity contribution in [2.75, 3.05) is 6.61 Å². The maximum Gasteiger partial charge on any atom is 0.332 e. The first-order chi connectivity index (χ1) is 17.6. The van der Waals surface area contributed by atoms with Crippen molar-refractivity contribution in [1.29, 1.82) is 0 Å². The highest BCUT2D eigenvalue weighted by Crippen LogP contribution is 2.21. The van der Waals surface area contributed by atoms with E-state index in [9.17, 15) is 24.5 Å². The van der Waals surface area contributed by atoms with Crippen molar-refractivity contribution in [3.63, 3.8) is 0 Å². The maximum absolute atomic E-state index is 12.9. The number of nitro groups is 1. The van der Waals surface area contributed by atoms with E-state index in [1.54, 1.807) is 6.07 Å². The van der Waals surface area contributed by atoms with E-state index in [1.165, 1.54) is 36.7 Å². The average Bonchev–Trinajstić information content (AvgIpc) is 2.86. The Balaban J connectivity index is 1.98. The molecule has 0 bridgehead atoms. The summed E-state index contributed by atoms with van der Waals surface area (Å²) < 4.78 is 13.2. The molecule has 1 aromatic carbocycles. The standard InChI is InChI=1S/C25H31N5O7/c1-16(2)14-29-23-22(24(32)28(4)25(29)33)26-20(11-6-5-7-12-36-17(3)31)21(27-23)15-37-19-10-8-9-18(13-19)30(34)35/h8-10,13,16H,5-7,11-12,14-15H2,1-4H3. The fourth-order valence-electron chi connectivity index (χ4n) is 3.82. The van der Waals surface area contributed by atoms with Gasteiger partial charge in [0.1, 0.15) is 18.1 Å². The number of non-ortho nitro benzene ring substituents is 1. The SMILES string of the molecule is CC(=O)OCCCCCc1nc2c(=O)n(C)c(=O)n(CC(C)C)c2nc1COc1cccc([N+](=O)[O-])c1. The number of aromatic nitrogens is 4. The van der Waals surface area contributed by atoms with E-state index in [-0.39, 0.29) is 41.1 Å². The Morgan fingerprint density at radius 1 is 1.14 bits per heavy atom. The molecule has 0 spiro atoms. The Hall–Kier alpha value is -4.09. The van der Waals surface area contributed by atoms with Crippen molar-refractivity contribution in [2.24, 2.45) is 13.0 Å². The van der Waals surface area contributed by atoms with Crippen LogP contribution < -0.4 is 16.0 Å². The van der Waals surface area contributed by atoms with Crippen LogP contribution in [0.25, 0.3) is 11.2 Å². The molecule has 12 heteroatoms. The number of hydrogen-bond acceptors (Lipinski definition) is 9. The molecule has 2 aromatic heterocycles. The summed E-state index contributed by atoms with van der Waals surface area (Å²) in [6.07, 6.45) is 2.60. The molecule has 0 unspecified atom stereocenters. The van der Waals surface area contributed by atoms with Gasteiger partial charge in [-0.1, -0.05) is 19.9 Å². The number of ether oxygens (including phenoxy) is 2. The minimum Gasteiger partial charge on any atom is -0.487 e. The van der Waals surface area contributed by atoms with Crippen LogP contribution in [0.3, 0.4) is 0 Å². The lowest BCUT2D eigenvalue weighted by atomic mass is 10.1. The molecule has 0 atom stereocenters. The van der Waals surface area contributed by atoms with E-state index in [2.05, 4.69) is 9.97 Å². The summed E-state index contributed by atoms with van der Waals surface area (Å²) in [5, 5.41) is 11.1. The molecular weight excluding hydrogens is 482 g/mol. The molecule has 0 amide bonds. The van der Waals surface area contributed by atoms with E-state index in [0.29, 0.717) is 43.8 Å². The first-order valence-electron chi connectivity index (χ1n) is 12.1. The number of fused-ring (bicyclic) bond motifs is 1. The Morgan fingerprint density at radius 3 is 2.57 bits per heavy atom. The fraction of sp³-hybridized carbons (Fsp3) is 0.480. The molecule has 0 radical (unpaired) electrons. The first kappa shape index (κ1) is 27.5. The third-order valence-electron chi connectivity index (χ3n) is 5.63. The molecule has 198 valence electrons. The van der Waals surface area contributed by atoms with Crippen molar-refractivity contribution in [1.82, 2.24) is 19.1 Å². The molecule has 0 aliphatic heterocycles. The van der Waals surface area contributed by atoms with E-state index in [4.69, 9.17) is 9.47 Å². The Kier molecular flexibility index (Phi) is 9.10. The molecule has 2 heterocycles. The molecule has 0 saturated heterocycles. The number of nitro benzene ring substituents is 1. The van der Waals surface area contributed by atoms with Gasteiger partial charge in [0.15, 0.2) is 11.2 Å². The van der Waals surface area contributed by atoms with Crippen LogP contribution in [-0.4, -0.2) is 36.6 Å². The zero-order chi connectivity index (χ0) is 27.1.